The van der Waals surface area contributed by atoms with Crippen LogP contribution < -0.4 is 5.14 Å². The molecule has 0 saturated heterocycles. The molecule has 2 aromatic heterocycles. The van der Waals surface area contributed by atoms with Crippen molar-refractivity contribution < 1.29 is 8.42 Å². The van der Waals surface area contributed by atoms with Crippen molar-refractivity contribution in [3.8, 4) is 11.4 Å². The zero-order valence-corrected chi connectivity index (χ0v) is 13.1. The molecule has 6 nitrogen and oxygen atoms in total. The van der Waals surface area contributed by atoms with E-state index >= 15 is 0 Å². The summed E-state index contributed by atoms with van der Waals surface area (Å²) >= 11 is 1.58. The first-order valence-electron chi connectivity index (χ1n) is 6.34. The predicted molar refractivity (Wildman–Crippen MR) is 82.6 cm³/mol. The maximum Gasteiger partial charge on any atom is 0.273 e. The van der Waals surface area contributed by atoms with Gasteiger partial charge in [0.05, 0.1) is 0 Å². The average molecular weight is 322 g/mol. The summed E-state index contributed by atoms with van der Waals surface area (Å²) < 4.78 is 26.0. The molecule has 0 radical (unpaired) electrons. The molecular weight excluding hydrogens is 308 g/mol. The highest BCUT2D eigenvalue weighted by molar-refractivity contribution is 7.89. The van der Waals surface area contributed by atoms with Crippen molar-refractivity contribution >= 4 is 31.4 Å². The first kappa shape index (κ1) is 14.2. The molecule has 3 aromatic rings. The third kappa shape index (κ3) is 2.35. The van der Waals surface area contributed by atoms with Crippen molar-refractivity contribution in [2.24, 2.45) is 5.14 Å². The summed E-state index contributed by atoms with van der Waals surface area (Å²) in [6.45, 7) is 3.74. The molecule has 2 heterocycles. The Morgan fingerprint density at radius 2 is 1.95 bits per heavy atom. The zero-order valence-electron chi connectivity index (χ0n) is 11.5. The minimum absolute atomic E-state index is 0.123. The van der Waals surface area contributed by atoms with Crippen LogP contribution in [-0.4, -0.2) is 23.2 Å². The molecule has 110 valence electrons. The van der Waals surface area contributed by atoms with E-state index in [9.17, 15) is 8.42 Å². The second-order valence-electron chi connectivity index (χ2n) is 4.96. The number of hydrogen-bond acceptors (Lipinski definition) is 5. The van der Waals surface area contributed by atoms with Crippen LogP contribution in [0.4, 0.5) is 0 Å². The van der Waals surface area contributed by atoms with E-state index in [1.54, 1.807) is 15.9 Å². The zero-order chi connectivity index (χ0) is 15.2. The van der Waals surface area contributed by atoms with Crippen molar-refractivity contribution in [3.05, 3.63) is 29.6 Å². The van der Waals surface area contributed by atoms with Crippen molar-refractivity contribution in [1.29, 1.82) is 0 Å². The number of aromatic nitrogens is 3. The van der Waals surface area contributed by atoms with Crippen LogP contribution in [0.2, 0.25) is 0 Å². The van der Waals surface area contributed by atoms with Gasteiger partial charge in [-0.2, -0.15) is 0 Å². The fourth-order valence-corrected chi connectivity index (χ4v) is 3.94. The summed E-state index contributed by atoms with van der Waals surface area (Å²) in [4.78, 5) is 0. The molecule has 0 aliphatic carbocycles. The standard InChI is InChI=1S/C13H14N4O2S2/c1-8(2)17-12(15-16-13(17)21(14,18)19)10-7-20-11-6-4-3-5-9(10)11/h3-8H,1-2H3,(H2,14,18,19). The van der Waals surface area contributed by atoms with E-state index in [4.69, 9.17) is 5.14 Å². The maximum absolute atomic E-state index is 11.7. The molecule has 0 unspecified atom stereocenters. The van der Waals surface area contributed by atoms with E-state index in [0.717, 1.165) is 15.6 Å². The summed E-state index contributed by atoms with van der Waals surface area (Å²) in [6, 6.07) is 7.78. The second kappa shape index (κ2) is 4.90. The van der Waals surface area contributed by atoms with Gasteiger partial charge in [0.15, 0.2) is 5.82 Å². The Bertz CT molecular complexity index is 909. The van der Waals surface area contributed by atoms with Gasteiger partial charge in [-0.15, -0.1) is 21.5 Å². The van der Waals surface area contributed by atoms with Gasteiger partial charge in [0.1, 0.15) is 0 Å². The molecule has 0 spiro atoms. The Hall–Kier alpha value is -1.77. The SMILES string of the molecule is CC(C)n1c(-c2csc3ccccc23)nnc1S(N)(=O)=O. The Labute approximate surface area is 126 Å². The van der Waals surface area contributed by atoms with Gasteiger partial charge in [0.2, 0.25) is 0 Å². The topological polar surface area (TPSA) is 90.9 Å². The molecule has 0 fully saturated rings. The van der Waals surface area contributed by atoms with E-state index in [2.05, 4.69) is 10.2 Å². The summed E-state index contributed by atoms with van der Waals surface area (Å²) in [7, 11) is -3.91. The highest BCUT2D eigenvalue weighted by Crippen LogP contribution is 2.34. The Balaban J connectivity index is 2.31. The Morgan fingerprint density at radius 3 is 2.62 bits per heavy atom. The number of rotatable bonds is 3. The second-order valence-corrected chi connectivity index (χ2v) is 7.33. The summed E-state index contributed by atoms with van der Waals surface area (Å²) in [5.41, 5.74) is 0.867. The fraction of sp³-hybridized carbons (Fsp3) is 0.231. The molecule has 1 aromatic carbocycles. The van der Waals surface area contributed by atoms with Gasteiger partial charge in [0, 0.05) is 27.1 Å². The van der Waals surface area contributed by atoms with Crippen molar-refractivity contribution in [3.63, 3.8) is 0 Å². The average Bonchev–Trinajstić information content (AvgIpc) is 3.01. The van der Waals surface area contributed by atoms with Gasteiger partial charge in [-0.3, -0.25) is 4.57 Å². The smallest absolute Gasteiger partial charge is 0.273 e. The molecule has 0 aliphatic heterocycles. The van der Waals surface area contributed by atoms with Crippen LogP contribution in [0.5, 0.6) is 0 Å². The molecule has 0 aliphatic rings. The summed E-state index contributed by atoms with van der Waals surface area (Å²) in [5, 5.41) is 15.8. The molecule has 0 bridgehead atoms. The van der Waals surface area contributed by atoms with Gasteiger partial charge in [0.25, 0.3) is 15.2 Å². The van der Waals surface area contributed by atoms with Crippen LogP contribution in [0, 0.1) is 0 Å². The van der Waals surface area contributed by atoms with Crippen LogP contribution in [0.1, 0.15) is 19.9 Å². The number of benzene rings is 1. The first-order valence-corrected chi connectivity index (χ1v) is 8.76. The minimum Gasteiger partial charge on any atom is -0.294 e. The molecule has 8 heteroatoms. The van der Waals surface area contributed by atoms with Gasteiger partial charge < -0.3 is 0 Å². The molecule has 0 saturated carbocycles. The number of fused-ring (bicyclic) bond motifs is 1. The molecular formula is C13H14N4O2S2. The monoisotopic (exact) mass is 322 g/mol. The van der Waals surface area contributed by atoms with Crippen LogP contribution in [0.25, 0.3) is 21.5 Å². The quantitative estimate of drug-likeness (QED) is 0.801. The number of nitrogens with two attached hydrogens (primary N) is 1. The molecule has 0 atom stereocenters. The largest absolute Gasteiger partial charge is 0.294 e. The Morgan fingerprint density at radius 1 is 1.24 bits per heavy atom. The number of hydrogen-bond donors (Lipinski definition) is 1. The van der Waals surface area contributed by atoms with E-state index in [0.29, 0.717) is 5.82 Å². The molecule has 3 rings (SSSR count). The third-order valence-electron chi connectivity index (χ3n) is 3.16. The van der Waals surface area contributed by atoms with Gasteiger partial charge in [-0.05, 0) is 19.9 Å². The van der Waals surface area contributed by atoms with Crippen LogP contribution in [0.3, 0.4) is 0 Å². The molecule has 2 N–H and O–H groups in total. The Kier molecular flexibility index (Phi) is 3.31. The third-order valence-corrected chi connectivity index (χ3v) is 4.91. The molecule has 21 heavy (non-hydrogen) atoms. The van der Waals surface area contributed by atoms with Gasteiger partial charge in [-0.1, -0.05) is 18.2 Å². The highest BCUT2D eigenvalue weighted by atomic mass is 32.2. The lowest BCUT2D eigenvalue weighted by molar-refractivity contribution is 0.525. The van der Waals surface area contributed by atoms with Gasteiger partial charge >= 0.3 is 0 Å². The number of sulfonamides is 1. The van der Waals surface area contributed by atoms with Crippen LogP contribution >= 0.6 is 11.3 Å². The van der Waals surface area contributed by atoms with Crippen LogP contribution in [0.15, 0.2) is 34.8 Å². The van der Waals surface area contributed by atoms with Gasteiger partial charge in [-0.25, -0.2) is 13.6 Å². The fourth-order valence-electron chi connectivity index (χ4n) is 2.27. The summed E-state index contributed by atoms with van der Waals surface area (Å²) in [5.74, 6) is 0.520. The van der Waals surface area contributed by atoms with E-state index < -0.39 is 10.0 Å². The lowest BCUT2D eigenvalue weighted by Gasteiger charge is -2.12. The van der Waals surface area contributed by atoms with E-state index in [1.807, 2.05) is 43.5 Å². The summed E-state index contributed by atoms with van der Waals surface area (Å²) in [6.07, 6.45) is 0. The van der Waals surface area contributed by atoms with E-state index in [1.165, 1.54) is 0 Å². The lowest BCUT2D eigenvalue weighted by Crippen LogP contribution is -2.20. The normalized spacial score (nSPS) is 12.4. The lowest BCUT2D eigenvalue weighted by atomic mass is 10.1. The predicted octanol–water partition coefficient (Wildman–Crippen LogP) is 2.39. The van der Waals surface area contributed by atoms with Crippen LogP contribution in [-0.2, 0) is 10.0 Å². The highest BCUT2D eigenvalue weighted by Gasteiger charge is 2.24. The van der Waals surface area contributed by atoms with Crippen molar-refractivity contribution in [2.75, 3.05) is 0 Å². The molecule has 0 amide bonds. The first-order chi connectivity index (χ1) is 9.89. The number of nitrogens with zero attached hydrogens (tertiary/aromatic N) is 3. The van der Waals surface area contributed by atoms with Crippen molar-refractivity contribution in [1.82, 2.24) is 14.8 Å². The maximum atomic E-state index is 11.7. The number of primary sulfonamides is 1. The van der Waals surface area contributed by atoms with E-state index in [-0.39, 0.29) is 11.2 Å². The minimum atomic E-state index is -3.91. The number of thiophene rings is 1. The van der Waals surface area contributed by atoms with Crippen molar-refractivity contribution in [2.45, 2.75) is 25.0 Å².